The van der Waals surface area contributed by atoms with Crippen molar-refractivity contribution in [1.82, 2.24) is 10.5 Å². The molecule has 0 aliphatic rings. The van der Waals surface area contributed by atoms with Gasteiger partial charge in [0, 0.05) is 0 Å². The Kier molecular flexibility index (Phi) is 16.9. The van der Waals surface area contributed by atoms with Crippen molar-refractivity contribution in [3.63, 3.8) is 0 Å². The Morgan fingerprint density at radius 3 is 1.17 bits per heavy atom. The second-order valence-electron chi connectivity index (χ2n) is 16.2. The number of halogens is 2. The minimum atomic E-state index is -0.826. The van der Waals surface area contributed by atoms with Crippen LogP contribution in [0.2, 0.25) is 0 Å². The van der Waals surface area contributed by atoms with Gasteiger partial charge in [-0.25, -0.2) is 0 Å². The van der Waals surface area contributed by atoms with Crippen molar-refractivity contribution in [3.05, 3.63) is 181 Å². The molecule has 0 unspecified atom stereocenters. The summed E-state index contributed by atoms with van der Waals surface area (Å²) < 4.78 is 0. The second-order valence-corrected chi connectivity index (χ2v) is 19.9. The summed E-state index contributed by atoms with van der Waals surface area (Å²) in [4.78, 5) is 18.8. The van der Waals surface area contributed by atoms with Crippen LogP contribution in [0.25, 0.3) is 66.1 Å². The number of fused-ring (bicyclic) bond motifs is 2. The minimum absolute atomic E-state index is 0.119. The maximum absolute atomic E-state index is 9.38. The van der Waals surface area contributed by atoms with Gasteiger partial charge in [0.25, 0.3) is 0 Å². The normalized spacial score (nSPS) is 10.7. The second kappa shape index (κ2) is 22.0. The Labute approximate surface area is 375 Å². The van der Waals surface area contributed by atoms with Crippen molar-refractivity contribution < 1.29 is 30.4 Å². The molecular formula is C52H50BCl2N2O2Zr. The molecule has 8 heteroatoms. The molecule has 8 aromatic rings. The van der Waals surface area contributed by atoms with E-state index in [1.54, 1.807) is 0 Å². The Morgan fingerprint density at radius 1 is 0.483 bits per heavy atom. The first-order chi connectivity index (χ1) is 28.9. The molecule has 0 saturated heterocycles. The van der Waals surface area contributed by atoms with Crippen molar-refractivity contribution in [2.24, 2.45) is 0 Å². The van der Waals surface area contributed by atoms with Gasteiger partial charge in [-0.05, 0) is 33.1 Å². The molecule has 60 heavy (non-hydrogen) atoms. The topological polar surface area (TPSA) is 58.2 Å². The van der Waals surface area contributed by atoms with E-state index in [4.69, 9.17) is 17.0 Å². The number of amides is 2. The van der Waals surface area contributed by atoms with Crippen LogP contribution < -0.4 is 10.5 Å². The summed E-state index contributed by atoms with van der Waals surface area (Å²) in [5.41, 5.74) is 13.5. The van der Waals surface area contributed by atoms with Crippen LogP contribution >= 0.6 is 17.0 Å². The summed E-state index contributed by atoms with van der Waals surface area (Å²) >= 11 is -0.826. The number of hydrogen-bond acceptors (Lipinski definition) is 2. The zero-order valence-electron chi connectivity index (χ0n) is 35.0. The SMILES string of the molecule is CC(C)(C)c1ccccc1-c1cccc2[cH-]c(-c3ccccc3)cc12.CC(C)(C)c1ccccc1-c1cccc2[cH-]c(-c3ccccc3)cc12.O=CN[B]NC=O.[Cl][Zr+2][Cl]. The number of carbonyl (C=O) groups excluding carboxylic acids is 2. The number of hydrogen-bond donors (Lipinski definition) is 2. The summed E-state index contributed by atoms with van der Waals surface area (Å²) in [7, 11) is 11.0. The van der Waals surface area contributed by atoms with Crippen LogP contribution in [0.3, 0.4) is 0 Å². The standard InChI is InChI=1S/2C25H23.C2H4BN2O2.2ClH.Zr/c2*1-25(2,3)24-15-8-7-13-22(24)21-14-9-12-19-16-20(17-23(19)21)18-10-5-4-6-11-18;6-1-4-3-5-2-7;;;/h2*4-17H,1-3H3;1-2H,(H,4,6)(H,5,7);2*1H;/q2*-1;;;;+4/p-2. The van der Waals surface area contributed by atoms with Crippen LogP contribution in [0.1, 0.15) is 52.7 Å². The van der Waals surface area contributed by atoms with Crippen molar-refractivity contribution in [1.29, 1.82) is 0 Å². The van der Waals surface area contributed by atoms with Crippen molar-refractivity contribution in [3.8, 4) is 44.5 Å². The molecule has 2 N–H and O–H groups in total. The third kappa shape index (κ3) is 12.1. The van der Waals surface area contributed by atoms with Crippen LogP contribution in [0.5, 0.6) is 0 Å². The van der Waals surface area contributed by atoms with Crippen LogP contribution in [0, 0.1) is 0 Å². The van der Waals surface area contributed by atoms with Crippen molar-refractivity contribution in [2.45, 2.75) is 52.4 Å². The van der Waals surface area contributed by atoms with E-state index in [9.17, 15) is 9.59 Å². The van der Waals surface area contributed by atoms with E-state index in [0.29, 0.717) is 12.8 Å². The van der Waals surface area contributed by atoms with Gasteiger partial charge in [-0.15, -0.1) is 69.1 Å². The molecular weight excluding hydrogens is 858 g/mol. The predicted molar refractivity (Wildman–Crippen MR) is 254 cm³/mol. The predicted octanol–water partition coefficient (Wildman–Crippen LogP) is 13.8. The molecule has 8 aromatic carbocycles. The zero-order chi connectivity index (χ0) is 43.1. The van der Waals surface area contributed by atoms with Crippen LogP contribution in [-0.4, -0.2) is 20.4 Å². The van der Waals surface area contributed by atoms with Gasteiger partial charge in [-0.2, -0.15) is 0 Å². The van der Waals surface area contributed by atoms with Crippen LogP contribution in [0.15, 0.2) is 170 Å². The van der Waals surface area contributed by atoms with E-state index in [-0.39, 0.29) is 10.8 Å². The molecule has 301 valence electrons. The van der Waals surface area contributed by atoms with Crippen molar-refractivity contribution in [2.75, 3.05) is 0 Å². The van der Waals surface area contributed by atoms with Gasteiger partial charge in [0.2, 0.25) is 0 Å². The summed E-state index contributed by atoms with van der Waals surface area (Å²) in [5, 5.41) is 9.48. The van der Waals surface area contributed by atoms with Gasteiger partial charge >= 0.3 is 45.4 Å². The van der Waals surface area contributed by atoms with E-state index in [2.05, 4.69) is 222 Å². The fraction of sp³-hybridized carbons (Fsp3) is 0.154. The van der Waals surface area contributed by atoms with Gasteiger partial charge in [-0.1, -0.05) is 197 Å². The molecule has 1 radical (unpaired) electrons. The quantitative estimate of drug-likeness (QED) is 0.0691. The number of carbonyl (C=O) groups is 2. The molecule has 0 heterocycles. The van der Waals surface area contributed by atoms with E-state index >= 15 is 0 Å². The van der Waals surface area contributed by atoms with Gasteiger partial charge < -0.3 is 10.5 Å². The monoisotopic (exact) mass is 905 g/mol. The molecule has 0 aliphatic heterocycles. The Hall–Kier alpha value is -4.99. The first-order valence-electron chi connectivity index (χ1n) is 19.8. The van der Waals surface area contributed by atoms with Gasteiger partial charge in [0.15, 0.2) is 12.8 Å². The van der Waals surface area contributed by atoms with E-state index in [0.717, 1.165) is 7.55 Å². The number of benzene rings is 6. The Morgan fingerprint density at radius 2 is 0.817 bits per heavy atom. The van der Waals surface area contributed by atoms with E-state index in [1.807, 2.05) is 0 Å². The molecule has 0 atom stereocenters. The Bertz CT molecular complexity index is 2410. The summed E-state index contributed by atoms with van der Waals surface area (Å²) in [5.74, 6) is 0. The third-order valence-corrected chi connectivity index (χ3v) is 10.1. The molecule has 0 saturated carbocycles. The molecule has 0 spiro atoms. The van der Waals surface area contributed by atoms with Gasteiger partial charge in [0.1, 0.15) is 0 Å². The van der Waals surface area contributed by atoms with Gasteiger partial charge in [0.05, 0.1) is 0 Å². The first kappa shape index (κ1) is 46.1. The fourth-order valence-corrected chi connectivity index (χ4v) is 7.39. The third-order valence-electron chi connectivity index (χ3n) is 10.1. The molecule has 4 nitrogen and oxygen atoms in total. The molecule has 0 bridgehead atoms. The van der Waals surface area contributed by atoms with Gasteiger partial charge in [-0.3, -0.25) is 9.59 Å². The number of nitrogens with one attached hydrogen (secondary N) is 2. The molecule has 0 aromatic heterocycles. The molecule has 0 aliphatic carbocycles. The molecule has 8 rings (SSSR count). The molecule has 0 fully saturated rings. The summed E-state index contributed by atoms with van der Waals surface area (Å²) in [6, 6.07) is 61.4. The summed E-state index contributed by atoms with van der Waals surface area (Å²) in [6.07, 6.45) is 0.910. The van der Waals surface area contributed by atoms with E-state index < -0.39 is 20.8 Å². The van der Waals surface area contributed by atoms with Crippen molar-refractivity contribution >= 4 is 58.9 Å². The van der Waals surface area contributed by atoms with E-state index in [1.165, 1.54) is 77.2 Å². The van der Waals surface area contributed by atoms with Crippen LogP contribution in [-0.2, 0) is 41.3 Å². The Balaban J connectivity index is 0.000000186. The van der Waals surface area contributed by atoms with Crippen LogP contribution in [0.4, 0.5) is 0 Å². The average molecular weight is 908 g/mol. The first-order valence-corrected chi connectivity index (χ1v) is 26.1. The number of rotatable bonds is 8. The maximum atomic E-state index is 9.38. The summed E-state index contributed by atoms with van der Waals surface area (Å²) in [6.45, 7) is 13.7. The fourth-order valence-electron chi connectivity index (χ4n) is 7.39. The average Bonchev–Trinajstić information content (AvgIpc) is 3.90. The molecule has 2 amide bonds. The zero-order valence-corrected chi connectivity index (χ0v) is 38.9.